The summed E-state index contributed by atoms with van der Waals surface area (Å²) in [6, 6.07) is 14.5. The molecule has 1 aliphatic rings. The Morgan fingerprint density at radius 2 is 1.77 bits per heavy atom. The van der Waals surface area contributed by atoms with E-state index in [1.807, 2.05) is 41.0 Å². The largest absolute Gasteiger partial charge is 0.368 e. The Morgan fingerprint density at radius 1 is 1.03 bits per heavy atom. The summed E-state index contributed by atoms with van der Waals surface area (Å²) in [6.07, 6.45) is 3.76. The number of rotatable bonds is 5. The van der Waals surface area contributed by atoms with Crippen LogP contribution in [0.3, 0.4) is 0 Å². The van der Waals surface area contributed by atoms with Crippen molar-refractivity contribution < 1.29 is 4.79 Å². The molecule has 30 heavy (non-hydrogen) atoms. The summed E-state index contributed by atoms with van der Waals surface area (Å²) < 4.78 is 2.01. The van der Waals surface area contributed by atoms with Gasteiger partial charge >= 0.3 is 0 Å². The van der Waals surface area contributed by atoms with Gasteiger partial charge in [-0.15, -0.1) is 0 Å². The molecule has 0 bridgehead atoms. The molecule has 0 unspecified atom stereocenters. The van der Waals surface area contributed by atoms with Crippen LogP contribution >= 0.6 is 11.8 Å². The van der Waals surface area contributed by atoms with Crippen LogP contribution in [0, 0.1) is 13.8 Å². The summed E-state index contributed by atoms with van der Waals surface area (Å²) in [5.74, 6) is 0.965. The van der Waals surface area contributed by atoms with Crippen LogP contribution in [-0.2, 0) is 12.8 Å². The van der Waals surface area contributed by atoms with Crippen molar-refractivity contribution in [3.63, 3.8) is 0 Å². The zero-order valence-electron chi connectivity index (χ0n) is 17.8. The third-order valence-corrected chi connectivity index (χ3v) is 6.96. The summed E-state index contributed by atoms with van der Waals surface area (Å²) in [7, 11) is 2.00. The van der Waals surface area contributed by atoms with Crippen LogP contribution in [0.25, 0.3) is 0 Å². The molecule has 0 aliphatic carbocycles. The van der Waals surface area contributed by atoms with Crippen molar-refractivity contribution in [1.82, 2.24) is 14.5 Å². The second-order valence-corrected chi connectivity index (χ2v) is 8.75. The fourth-order valence-electron chi connectivity index (χ4n) is 3.79. The molecule has 2 heterocycles. The normalized spacial score (nSPS) is 14.2. The van der Waals surface area contributed by atoms with Gasteiger partial charge in [0.15, 0.2) is 5.16 Å². The summed E-state index contributed by atoms with van der Waals surface area (Å²) in [4.78, 5) is 21.7. The number of carbonyl (C=O) groups excluding carboxylic acids is 1. The smallest absolute Gasteiger partial charge is 0.253 e. The van der Waals surface area contributed by atoms with Crippen LogP contribution in [0.5, 0.6) is 0 Å². The topological polar surface area (TPSA) is 41.4 Å². The summed E-state index contributed by atoms with van der Waals surface area (Å²) >= 11 is 1.70. The van der Waals surface area contributed by atoms with E-state index in [0.717, 1.165) is 42.7 Å². The number of piperazine rings is 1. The van der Waals surface area contributed by atoms with E-state index >= 15 is 0 Å². The number of aryl methyl sites for hydroxylation is 2. The molecular weight excluding hydrogens is 392 g/mol. The maximum absolute atomic E-state index is 13.0. The van der Waals surface area contributed by atoms with Gasteiger partial charge in [0.25, 0.3) is 5.91 Å². The average molecular weight is 421 g/mol. The molecule has 2 aromatic carbocycles. The van der Waals surface area contributed by atoms with E-state index in [9.17, 15) is 4.79 Å². The highest BCUT2D eigenvalue weighted by Gasteiger charge is 2.23. The fourth-order valence-corrected chi connectivity index (χ4v) is 4.68. The van der Waals surface area contributed by atoms with Crippen LogP contribution in [0.1, 0.15) is 27.0 Å². The Morgan fingerprint density at radius 3 is 2.43 bits per heavy atom. The second kappa shape index (κ2) is 8.96. The first-order valence-electron chi connectivity index (χ1n) is 10.3. The Balaban J connectivity index is 1.34. The van der Waals surface area contributed by atoms with Gasteiger partial charge in [-0.2, -0.15) is 0 Å². The molecular formula is C24H28N4OS. The lowest BCUT2D eigenvalue weighted by atomic mass is 10.1. The average Bonchev–Trinajstić information content (AvgIpc) is 3.19. The predicted octanol–water partition coefficient (Wildman–Crippen LogP) is 4.29. The molecule has 0 spiro atoms. The van der Waals surface area contributed by atoms with Gasteiger partial charge in [0.2, 0.25) is 0 Å². The monoisotopic (exact) mass is 420 g/mol. The Hall–Kier alpha value is -2.73. The molecule has 0 N–H and O–H groups in total. The molecule has 5 nitrogen and oxygen atoms in total. The Bertz CT molecular complexity index is 1020. The van der Waals surface area contributed by atoms with Crippen molar-refractivity contribution in [2.45, 2.75) is 24.8 Å². The minimum atomic E-state index is 0.124. The zero-order valence-corrected chi connectivity index (χ0v) is 18.7. The molecule has 1 aromatic heterocycles. The van der Waals surface area contributed by atoms with Crippen molar-refractivity contribution in [2.24, 2.45) is 7.05 Å². The molecule has 0 radical (unpaired) electrons. The lowest BCUT2D eigenvalue weighted by Gasteiger charge is -2.37. The lowest BCUT2D eigenvalue weighted by Crippen LogP contribution is -2.49. The number of hydrogen-bond acceptors (Lipinski definition) is 4. The number of thioether (sulfide) groups is 1. The number of benzene rings is 2. The maximum atomic E-state index is 13.0. The van der Waals surface area contributed by atoms with Crippen molar-refractivity contribution in [2.75, 3.05) is 31.1 Å². The van der Waals surface area contributed by atoms with E-state index in [4.69, 9.17) is 0 Å². The predicted molar refractivity (Wildman–Crippen MR) is 123 cm³/mol. The Kier molecular flexibility index (Phi) is 6.13. The molecule has 1 aliphatic heterocycles. The number of amides is 1. The summed E-state index contributed by atoms with van der Waals surface area (Å²) in [6.45, 7) is 7.57. The number of hydrogen-bond donors (Lipinski definition) is 0. The third-order valence-electron chi connectivity index (χ3n) is 5.83. The summed E-state index contributed by atoms with van der Waals surface area (Å²) in [5.41, 5.74) is 5.89. The van der Waals surface area contributed by atoms with Crippen molar-refractivity contribution in [1.29, 1.82) is 0 Å². The summed E-state index contributed by atoms with van der Waals surface area (Å²) in [5, 5.41) is 0.997. The highest BCUT2D eigenvalue weighted by Crippen LogP contribution is 2.25. The first-order chi connectivity index (χ1) is 14.5. The molecule has 1 amide bonds. The number of imidazole rings is 1. The fraction of sp³-hybridized carbons (Fsp3) is 0.333. The number of carbonyl (C=O) groups is 1. The zero-order chi connectivity index (χ0) is 21.1. The second-order valence-electron chi connectivity index (χ2n) is 7.80. The third kappa shape index (κ3) is 4.38. The SMILES string of the molecule is Cc1cccc(N2CCN(C(=O)c3ccc(CSc4nccn4C)cc3)CC2)c1C. The molecule has 1 fully saturated rings. The van der Waals surface area contributed by atoms with Gasteiger partial charge in [-0.25, -0.2) is 4.98 Å². The van der Waals surface area contributed by atoms with Gasteiger partial charge in [-0.3, -0.25) is 4.79 Å². The molecule has 1 saturated heterocycles. The first-order valence-corrected chi connectivity index (χ1v) is 11.3. The molecule has 6 heteroatoms. The molecule has 3 aromatic rings. The van der Waals surface area contributed by atoms with E-state index in [1.165, 1.54) is 22.4 Å². The van der Waals surface area contributed by atoms with Gasteiger partial charge in [0.05, 0.1) is 0 Å². The minimum Gasteiger partial charge on any atom is -0.368 e. The molecule has 0 atom stereocenters. The Labute approximate surface area is 182 Å². The molecule has 4 rings (SSSR count). The highest BCUT2D eigenvalue weighted by atomic mass is 32.2. The maximum Gasteiger partial charge on any atom is 0.253 e. The first kappa shape index (κ1) is 20.5. The number of anilines is 1. The number of nitrogens with zero attached hydrogens (tertiary/aromatic N) is 4. The van der Waals surface area contributed by atoms with Crippen LogP contribution in [0.15, 0.2) is 60.0 Å². The van der Waals surface area contributed by atoms with Gasteiger partial charge < -0.3 is 14.4 Å². The van der Waals surface area contributed by atoms with Crippen LogP contribution in [0.4, 0.5) is 5.69 Å². The van der Waals surface area contributed by atoms with Gasteiger partial charge in [-0.05, 0) is 48.7 Å². The van der Waals surface area contributed by atoms with Crippen molar-refractivity contribution in [3.05, 3.63) is 77.1 Å². The van der Waals surface area contributed by atoms with Crippen molar-refractivity contribution in [3.8, 4) is 0 Å². The van der Waals surface area contributed by atoms with E-state index in [0.29, 0.717) is 0 Å². The van der Waals surface area contributed by atoms with Gasteiger partial charge in [-0.1, -0.05) is 36.0 Å². The van der Waals surface area contributed by atoms with E-state index < -0.39 is 0 Å². The molecule has 156 valence electrons. The van der Waals surface area contributed by atoms with Crippen LogP contribution < -0.4 is 4.90 Å². The standard InChI is InChI=1S/C24H28N4OS/c1-18-5-4-6-22(19(18)2)27-13-15-28(16-14-27)23(29)21-9-7-20(8-10-21)17-30-24-25-11-12-26(24)3/h4-12H,13-17H2,1-3H3. The highest BCUT2D eigenvalue weighted by molar-refractivity contribution is 7.98. The quantitative estimate of drug-likeness (QED) is 0.578. The van der Waals surface area contributed by atoms with Gasteiger partial charge in [0.1, 0.15) is 0 Å². The van der Waals surface area contributed by atoms with E-state index in [2.05, 4.69) is 54.1 Å². The van der Waals surface area contributed by atoms with Crippen LogP contribution in [-0.4, -0.2) is 46.5 Å². The van der Waals surface area contributed by atoms with Gasteiger partial charge in [0, 0.05) is 62.6 Å². The van der Waals surface area contributed by atoms with Crippen LogP contribution in [0.2, 0.25) is 0 Å². The van der Waals surface area contributed by atoms with E-state index in [-0.39, 0.29) is 5.91 Å². The van der Waals surface area contributed by atoms with Crippen molar-refractivity contribution >= 4 is 23.4 Å². The lowest BCUT2D eigenvalue weighted by molar-refractivity contribution is 0.0747. The minimum absolute atomic E-state index is 0.124. The molecule has 0 saturated carbocycles. The van der Waals surface area contributed by atoms with E-state index in [1.54, 1.807) is 11.8 Å². The number of aromatic nitrogens is 2.